The van der Waals surface area contributed by atoms with E-state index in [0.29, 0.717) is 39.9 Å². The Morgan fingerprint density at radius 3 is 2.81 bits per heavy atom. The Bertz CT molecular complexity index is 1450. The molecule has 1 saturated heterocycles. The standard InChI is InChI=1S/C24H24ClN7O5/c1-26-23(35)19-17(33)18(34)24(37-19)32-11-29-16-21(28-8-12-4-3-5-15(6-12)36-2)30-20(31-22(16)32)13-7-14(25)10-27-9-13/h3-7,9-11,17-19,24,33-34H,8H2,1-2H3,(H,26,35)(H,28,30,31)/t17?,18?,19-,24?/m0/s1. The van der Waals surface area contributed by atoms with E-state index >= 15 is 0 Å². The highest BCUT2D eigenvalue weighted by atomic mass is 35.5. The molecule has 0 radical (unpaired) electrons. The SMILES string of the molecule is CNC(=O)[C@H]1OC(n2cnc3c(NCc4cccc(OC)c4)nc(-c4cncc(Cl)c4)nc32)C(O)C1O. The van der Waals surface area contributed by atoms with Gasteiger partial charge in [-0.25, -0.2) is 15.0 Å². The summed E-state index contributed by atoms with van der Waals surface area (Å²) in [4.78, 5) is 30.0. The van der Waals surface area contributed by atoms with Crippen molar-refractivity contribution in [3.05, 3.63) is 59.6 Å². The number of pyridine rings is 1. The number of aliphatic hydroxyl groups excluding tert-OH is 2. The van der Waals surface area contributed by atoms with Gasteiger partial charge in [-0.1, -0.05) is 23.7 Å². The molecular formula is C24H24ClN7O5. The van der Waals surface area contributed by atoms with Crippen molar-refractivity contribution in [1.82, 2.24) is 29.8 Å². The first kappa shape index (κ1) is 24.8. The van der Waals surface area contributed by atoms with Crippen LogP contribution in [0.1, 0.15) is 11.8 Å². The second-order valence-corrected chi connectivity index (χ2v) is 8.80. The minimum Gasteiger partial charge on any atom is -0.497 e. The number of nitrogens with one attached hydrogen (secondary N) is 2. The van der Waals surface area contributed by atoms with Crippen molar-refractivity contribution in [1.29, 1.82) is 0 Å². The van der Waals surface area contributed by atoms with Crippen molar-refractivity contribution in [3.8, 4) is 17.1 Å². The van der Waals surface area contributed by atoms with Crippen LogP contribution >= 0.6 is 11.6 Å². The predicted molar refractivity (Wildman–Crippen MR) is 134 cm³/mol. The van der Waals surface area contributed by atoms with Crippen LogP contribution in [0.5, 0.6) is 5.75 Å². The third-order valence-electron chi connectivity index (χ3n) is 6.00. The summed E-state index contributed by atoms with van der Waals surface area (Å²) in [5.41, 5.74) is 2.22. The van der Waals surface area contributed by atoms with Crippen molar-refractivity contribution in [2.45, 2.75) is 31.1 Å². The predicted octanol–water partition coefficient (Wildman–Crippen LogP) is 1.53. The van der Waals surface area contributed by atoms with Gasteiger partial charge < -0.3 is 30.3 Å². The maximum Gasteiger partial charge on any atom is 0.251 e. The van der Waals surface area contributed by atoms with E-state index in [1.54, 1.807) is 19.4 Å². The molecule has 3 unspecified atom stereocenters. The zero-order valence-electron chi connectivity index (χ0n) is 19.9. The van der Waals surface area contributed by atoms with E-state index in [4.69, 9.17) is 21.1 Å². The number of benzene rings is 1. The largest absolute Gasteiger partial charge is 0.497 e. The van der Waals surface area contributed by atoms with Gasteiger partial charge in [0.05, 0.1) is 18.5 Å². The zero-order chi connectivity index (χ0) is 26.1. The van der Waals surface area contributed by atoms with Crippen molar-refractivity contribution in [2.24, 2.45) is 0 Å². The number of likely N-dealkylation sites (N-methyl/N-ethyl adjacent to an activating group) is 1. The van der Waals surface area contributed by atoms with Crippen molar-refractivity contribution in [2.75, 3.05) is 19.5 Å². The number of anilines is 1. The van der Waals surface area contributed by atoms with E-state index < -0.39 is 30.4 Å². The number of aliphatic hydroxyl groups is 2. The first-order valence-corrected chi connectivity index (χ1v) is 11.7. The van der Waals surface area contributed by atoms with Crippen LogP contribution in [0, 0.1) is 0 Å². The summed E-state index contributed by atoms with van der Waals surface area (Å²) in [6, 6.07) is 9.25. The first-order chi connectivity index (χ1) is 17.9. The highest BCUT2D eigenvalue weighted by Crippen LogP contribution is 2.34. The van der Waals surface area contributed by atoms with Crippen LogP contribution in [0.4, 0.5) is 5.82 Å². The minimum absolute atomic E-state index is 0.299. The van der Waals surface area contributed by atoms with Gasteiger partial charge in [-0.2, -0.15) is 0 Å². The van der Waals surface area contributed by atoms with Gasteiger partial charge in [-0.15, -0.1) is 0 Å². The molecule has 0 bridgehead atoms. The Kier molecular flexibility index (Phi) is 6.89. The smallest absolute Gasteiger partial charge is 0.251 e. The van der Waals surface area contributed by atoms with Crippen molar-refractivity contribution >= 4 is 34.5 Å². The summed E-state index contributed by atoms with van der Waals surface area (Å²) in [6.45, 7) is 0.406. The normalized spacial score (nSPS) is 21.2. The summed E-state index contributed by atoms with van der Waals surface area (Å²) < 4.78 is 12.5. The Labute approximate surface area is 216 Å². The van der Waals surface area contributed by atoms with Gasteiger partial charge in [0.15, 0.2) is 35.1 Å². The molecule has 192 valence electrons. The van der Waals surface area contributed by atoms with Gasteiger partial charge in [0.25, 0.3) is 5.91 Å². The quantitative estimate of drug-likeness (QED) is 0.279. The Morgan fingerprint density at radius 2 is 2.05 bits per heavy atom. The highest BCUT2D eigenvalue weighted by molar-refractivity contribution is 6.30. The molecule has 0 saturated carbocycles. The van der Waals surface area contributed by atoms with Gasteiger partial charge >= 0.3 is 0 Å². The van der Waals surface area contributed by atoms with Gasteiger partial charge in [-0.3, -0.25) is 14.3 Å². The maximum atomic E-state index is 12.1. The summed E-state index contributed by atoms with van der Waals surface area (Å²) in [6.07, 6.45) is -0.723. The molecule has 4 heterocycles. The van der Waals surface area contributed by atoms with Gasteiger partial charge in [0.2, 0.25) is 0 Å². The maximum absolute atomic E-state index is 12.1. The number of carbonyl (C=O) groups is 1. The zero-order valence-corrected chi connectivity index (χ0v) is 20.6. The summed E-state index contributed by atoms with van der Waals surface area (Å²) in [5.74, 6) is 0.879. The third-order valence-corrected chi connectivity index (χ3v) is 6.20. The summed E-state index contributed by atoms with van der Waals surface area (Å²) >= 11 is 6.15. The van der Waals surface area contributed by atoms with E-state index in [1.807, 2.05) is 24.3 Å². The lowest BCUT2D eigenvalue weighted by molar-refractivity contribution is -0.137. The second kappa shape index (κ2) is 10.3. The highest BCUT2D eigenvalue weighted by Gasteiger charge is 2.47. The van der Waals surface area contributed by atoms with Crippen LogP contribution in [-0.4, -0.2) is 73.1 Å². The van der Waals surface area contributed by atoms with Gasteiger partial charge in [0.1, 0.15) is 18.0 Å². The molecule has 1 amide bonds. The number of amides is 1. The monoisotopic (exact) mass is 525 g/mol. The number of hydrogen-bond donors (Lipinski definition) is 4. The van der Waals surface area contributed by atoms with Crippen LogP contribution in [-0.2, 0) is 16.1 Å². The second-order valence-electron chi connectivity index (χ2n) is 8.36. The van der Waals surface area contributed by atoms with Crippen LogP contribution in [0.2, 0.25) is 5.02 Å². The number of ether oxygens (including phenoxy) is 2. The Balaban J connectivity index is 1.57. The van der Waals surface area contributed by atoms with E-state index in [-0.39, 0.29) is 0 Å². The van der Waals surface area contributed by atoms with Crippen LogP contribution in [0.15, 0.2) is 49.1 Å². The fourth-order valence-corrected chi connectivity index (χ4v) is 4.28. The molecule has 3 aromatic heterocycles. The third kappa shape index (κ3) is 4.79. The molecule has 0 aliphatic carbocycles. The van der Waals surface area contributed by atoms with Crippen LogP contribution in [0.3, 0.4) is 0 Å². The Hall–Kier alpha value is -3.84. The van der Waals surface area contributed by atoms with E-state index in [9.17, 15) is 15.0 Å². The lowest BCUT2D eigenvalue weighted by Crippen LogP contribution is -2.41. The molecular weight excluding hydrogens is 502 g/mol. The van der Waals surface area contributed by atoms with Crippen LogP contribution in [0.25, 0.3) is 22.6 Å². The molecule has 13 heteroatoms. The van der Waals surface area contributed by atoms with E-state index in [1.165, 1.54) is 24.1 Å². The topological polar surface area (TPSA) is 157 Å². The molecule has 37 heavy (non-hydrogen) atoms. The summed E-state index contributed by atoms with van der Waals surface area (Å²) in [5, 5.41) is 27.2. The average Bonchev–Trinajstić information content (AvgIpc) is 3.47. The number of halogens is 1. The van der Waals surface area contributed by atoms with Crippen molar-refractivity contribution in [3.63, 3.8) is 0 Å². The number of nitrogens with zero attached hydrogens (tertiary/aromatic N) is 5. The molecule has 4 atom stereocenters. The van der Waals surface area contributed by atoms with Gasteiger partial charge in [-0.05, 0) is 23.8 Å². The molecule has 1 aliphatic rings. The number of fused-ring (bicyclic) bond motifs is 1. The molecule has 1 aliphatic heterocycles. The molecule has 0 spiro atoms. The lowest BCUT2D eigenvalue weighted by Gasteiger charge is -2.17. The minimum atomic E-state index is -1.44. The number of hydrogen-bond acceptors (Lipinski definition) is 10. The first-order valence-electron chi connectivity index (χ1n) is 11.3. The van der Waals surface area contributed by atoms with E-state index in [0.717, 1.165) is 11.3 Å². The number of aromatic nitrogens is 5. The molecule has 4 aromatic rings. The van der Waals surface area contributed by atoms with E-state index in [2.05, 4.69) is 30.6 Å². The molecule has 12 nitrogen and oxygen atoms in total. The lowest BCUT2D eigenvalue weighted by atomic mass is 10.1. The molecule has 1 fully saturated rings. The number of imidazole rings is 1. The average molecular weight is 526 g/mol. The fraction of sp³-hybridized carbons (Fsp3) is 0.292. The van der Waals surface area contributed by atoms with Crippen molar-refractivity contribution < 1.29 is 24.5 Å². The van der Waals surface area contributed by atoms with Crippen LogP contribution < -0.4 is 15.4 Å². The molecule has 5 rings (SSSR count). The number of methoxy groups -OCH3 is 1. The Morgan fingerprint density at radius 1 is 1.22 bits per heavy atom. The fourth-order valence-electron chi connectivity index (χ4n) is 4.11. The molecule has 4 N–H and O–H groups in total. The number of carbonyl (C=O) groups excluding carboxylic acids is 1. The number of rotatable bonds is 7. The van der Waals surface area contributed by atoms with Gasteiger partial charge in [0, 0.05) is 31.5 Å². The summed E-state index contributed by atoms with van der Waals surface area (Å²) in [7, 11) is 3.02. The molecule has 1 aromatic carbocycles.